The molecule has 7 heteroatoms. The Balaban J connectivity index is 1.03. The van der Waals surface area contributed by atoms with Gasteiger partial charge in [-0.2, -0.15) is 0 Å². The molecule has 0 amide bonds. The standard InChI is InChI=1S/C35H26O6S/c36-33-29-15-9-10-16-30(29)34(37)32-24-27(18-20-31(32)33)35(38)41-21-11-5-3-1-2-4-6-12-22-42(39,40)28-19-17-25-13-7-8-14-26(25)23-28/h7-10,13-20,23-24H,1-4,21-22H2. The smallest absolute Gasteiger partial charge is 0.339 e. The van der Waals surface area contributed by atoms with Gasteiger partial charge in [0.2, 0.25) is 0 Å². The molecule has 0 bridgehead atoms. The maximum absolute atomic E-state index is 12.9. The van der Waals surface area contributed by atoms with E-state index in [1.54, 1.807) is 42.5 Å². The van der Waals surface area contributed by atoms with Crippen LogP contribution in [0.5, 0.6) is 0 Å². The molecule has 0 atom stereocenters. The fourth-order valence-electron chi connectivity index (χ4n) is 4.66. The van der Waals surface area contributed by atoms with Crippen molar-refractivity contribution in [3.63, 3.8) is 0 Å². The predicted molar refractivity (Wildman–Crippen MR) is 160 cm³/mol. The second-order valence-electron chi connectivity index (χ2n) is 9.72. The van der Waals surface area contributed by atoms with Gasteiger partial charge in [0, 0.05) is 35.1 Å². The third kappa shape index (κ3) is 6.33. The lowest BCUT2D eigenvalue weighted by Crippen LogP contribution is -2.21. The summed E-state index contributed by atoms with van der Waals surface area (Å²) >= 11 is 0. The van der Waals surface area contributed by atoms with Crippen molar-refractivity contribution in [2.45, 2.75) is 30.6 Å². The summed E-state index contributed by atoms with van der Waals surface area (Å²) in [6.45, 7) is -0.0991. The minimum atomic E-state index is -3.48. The van der Waals surface area contributed by atoms with Crippen molar-refractivity contribution in [1.82, 2.24) is 0 Å². The number of carbonyl (C=O) groups excluding carboxylic acids is 3. The molecule has 1 aliphatic carbocycles. The number of sulfone groups is 1. The zero-order chi connectivity index (χ0) is 29.5. The maximum Gasteiger partial charge on any atom is 0.339 e. The zero-order valence-electron chi connectivity index (χ0n) is 22.7. The van der Waals surface area contributed by atoms with Gasteiger partial charge in [-0.3, -0.25) is 9.59 Å². The SMILES string of the molecule is O=C(OCC#CCCCCC#CCS(=O)(=O)c1ccc2ccccc2c1)c1ccc2c(c1)C(=O)c1ccccc1C2=O. The summed E-state index contributed by atoms with van der Waals surface area (Å²) in [7, 11) is -3.48. The molecule has 0 radical (unpaired) electrons. The van der Waals surface area contributed by atoms with Crippen LogP contribution in [0, 0.1) is 23.7 Å². The first-order valence-corrected chi connectivity index (χ1v) is 15.1. The summed E-state index contributed by atoms with van der Waals surface area (Å²) in [5.41, 5.74) is 1.32. The van der Waals surface area contributed by atoms with Crippen LogP contribution in [-0.2, 0) is 14.6 Å². The largest absolute Gasteiger partial charge is 0.449 e. The van der Waals surface area contributed by atoms with E-state index in [1.807, 2.05) is 24.3 Å². The van der Waals surface area contributed by atoms with E-state index in [2.05, 4.69) is 23.7 Å². The third-order valence-corrected chi connectivity index (χ3v) is 8.38. The number of ketones is 2. The first-order chi connectivity index (χ1) is 20.3. The number of esters is 1. The Morgan fingerprint density at radius 1 is 0.643 bits per heavy atom. The molecule has 4 aromatic carbocycles. The number of hydrogen-bond acceptors (Lipinski definition) is 6. The van der Waals surface area contributed by atoms with E-state index in [9.17, 15) is 22.8 Å². The molecule has 1 aliphatic rings. The summed E-state index contributed by atoms with van der Waals surface area (Å²) in [5.74, 6) is 10.0. The monoisotopic (exact) mass is 574 g/mol. The van der Waals surface area contributed by atoms with Crippen LogP contribution in [0.25, 0.3) is 10.8 Å². The molecule has 0 aromatic heterocycles. The molecule has 5 rings (SSSR count). The van der Waals surface area contributed by atoms with E-state index in [1.165, 1.54) is 18.2 Å². The van der Waals surface area contributed by atoms with Crippen LogP contribution in [0.2, 0.25) is 0 Å². The first kappa shape index (κ1) is 28.5. The summed E-state index contributed by atoms with van der Waals surface area (Å²) in [6.07, 6.45) is 2.69. The van der Waals surface area contributed by atoms with E-state index >= 15 is 0 Å². The Bertz CT molecular complexity index is 1950. The van der Waals surface area contributed by atoms with Crippen molar-refractivity contribution in [1.29, 1.82) is 0 Å². The number of hydrogen-bond donors (Lipinski definition) is 0. The van der Waals surface area contributed by atoms with Crippen LogP contribution >= 0.6 is 0 Å². The van der Waals surface area contributed by atoms with Crippen LogP contribution in [0.3, 0.4) is 0 Å². The number of ether oxygens (including phenoxy) is 1. The van der Waals surface area contributed by atoms with Crippen molar-refractivity contribution in [2.24, 2.45) is 0 Å². The molecule has 42 heavy (non-hydrogen) atoms. The van der Waals surface area contributed by atoms with E-state index in [0.29, 0.717) is 24.0 Å². The van der Waals surface area contributed by atoms with Gasteiger partial charge < -0.3 is 4.74 Å². The molecule has 0 N–H and O–H groups in total. The van der Waals surface area contributed by atoms with Gasteiger partial charge in [-0.25, -0.2) is 13.2 Å². The van der Waals surface area contributed by atoms with Crippen molar-refractivity contribution in [2.75, 3.05) is 12.4 Å². The lowest BCUT2D eigenvalue weighted by Gasteiger charge is -2.17. The van der Waals surface area contributed by atoms with Crippen LogP contribution in [0.15, 0.2) is 89.8 Å². The van der Waals surface area contributed by atoms with Gasteiger partial charge in [-0.1, -0.05) is 72.4 Å². The molecule has 208 valence electrons. The molecule has 4 aromatic rings. The Morgan fingerprint density at radius 3 is 2.00 bits per heavy atom. The average molecular weight is 575 g/mol. The van der Waals surface area contributed by atoms with Crippen LogP contribution < -0.4 is 0 Å². The zero-order valence-corrected chi connectivity index (χ0v) is 23.5. The quantitative estimate of drug-likeness (QED) is 0.138. The molecule has 0 unspecified atom stereocenters. The highest BCUT2D eigenvalue weighted by Gasteiger charge is 2.30. The Kier molecular flexibility index (Phi) is 8.62. The van der Waals surface area contributed by atoms with Gasteiger partial charge in [0.05, 0.1) is 10.5 Å². The molecular formula is C35H26O6S. The predicted octanol–water partition coefficient (Wildman–Crippen LogP) is 5.81. The highest BCUT2D eigenvalue weighted by atomic mass is 32.2. The lowest BCUT2D eigenvalue weighted by atomic mass is 9.83. The third-order valence-electron chi connectivity index (χ3n) is 6.88. The van der Waals surface area contributed by atoms with E-state index in [0.717, 1.165) is 23.6 Å². The van der Waals surface area contributed by atoms with Gasteiger partial charge >= 0.3 is 5.97 Å². The highest BCUT2D eigenvalue weighted by molar-refractivity contribution is 7.91. The molecule has 0 spiro atoms. The second-order valence-corrected chi connectivity index (χ2v) is 11.7. The molecule has 0 fully saturated rings. The maximum atomic E-state index is 12.9. The molecule has 0 saturated carbocycles. The summed E-state index contributed by atoms with van der Waals surface area (Å²) < 4.78 is 30.4. The van der Waals surface area contributed by atoms with Gasteiger partial charge in [0.1, 0.15) is 5.75 Å². The van der Waals surface area contributed by atoms with Gasteiger partial charge in [0.15, 0.2) is 28.0 Å². The van der Waals surface area contributed by atoms with Gasteiger partial charge in [-0.05, 0) is 53.9 Å². The molecule has 0 saturated heterocycles. The van der Waals surface area contributed by atoms with E-state index in [4.69, 9.17) is 4.74 Å². The Labute approximate surface area is 244 Å². The van der Waals surface area contributed by atoms with Crippen molar-refractivity contribution in [3.8, 4) is 23.7 Å². The summed E-state index contributed by atoms with van der Waals surface area (Å²) in [6, 6.07) is 23.7. The first-order valence-electron chi connectivity index (χ1n) is 13.5. The Morgan fingerprint density at radius 2 is 1.26 bits per heavy atom. The van der Waals surface area contributed by atoms with Crippen LogP contribution in [0.1, 0.15) is 67.9 Å². The van der Waals surface area contributed by atoms with Gasteiger partial charge in [0.25, 0.3) is 0 Å². The van der Waals surface area contributed by atoms with Crippen LogP contribution in [-0.4, -0.2) is 38.3 Å². The summed E-state index contributed by atoms with van der Waals surface area (Å²) in [5, 5.41) is 1.86. The minimum Gasteiger partial charge on any atom is -0.449 e. The Hall–Kier alpha value is -4.98. The number of unbranched alkanes of at least 4 members (excludes halogenated alkanes) is 3. The highest BCUT2D eigenvalue weighted by Crippen LogP contribution is 2.28. The molecular weight excluding hydrogens is 548 g/mol. The van der Waals surface area contributed by atoms with Crippen molar-refractivity contribution in [3.05, 3.63) is 113 Å². The average Bonchev–Trinajstić information content (AvgIpc) is 3.01. The van der Waals surface area contributed by atoms with Gasteiger partial charge in [-0.15, -0.1) is 5.92 Å². The van der Waals surface area contributed by atoms with Crippen LogP contribution in [0.4, 0.5) is 0 Å². The lowest BCUT2D eigenvalue weighted by molar-refractivity contribution is 0.0556. The molecule has 6 nitrogen and oxygen atoms in total. The van der Waals surface area contributed by atoms with Crippen molar-refractivity contribution < 1.29 is 27.5 Å². The second kappa shape index (κ2) is 12.7. The fourth-order valence-corrected chi connectivity index (χ4v) is 5.70. The van der Waals surface area contributed by atoms with Crippen molar-refractivity contribution >= 4 is 38.1 Å². The summed E-state index contributed by atoms with van der Waals surface area (Å²) in [4.78, 5) is 38.3. The normalized spacial score (nSPS) is 11.9. The van der Waals surface area contributed by atoms with E-state index < -0.39 is 15.8 Å². The topological polar surface area (TPSA) is 94.6 Å². The van der Waals surface area contributed by atoms with E-state index in [-0.39, 0.29) is 45.5 Å². The minimum absolute atomic E-state index is 0.0991. The number of fused-ring (bicyclic) bond motifs is 3. The number of benzene rings is 4. The number of carbonyl (C=O) groups is 3. The molecule has 0 aliphatic heterocycles. The fraction of sp³-hybridized carbons (Fsp3) is 0.171. The molecule has 0 heterocycles. The number of rotatable bonds is 7.